The minimum Gasteiger partial charge on any atom is -0.403 e. The summed E-state index contributed by atoms with van der Waals surface area (Å²) in [7, 11) is 0. The molecule has 0 atom stereocenters. The van der Waals surface area contributed by atoms with Crippen molar-refractivity contribution in [2.24, 2.45) is 5.16 Å². The van der Waals surface area contributed by atoms with Crippen LogP contribution in [-0.2, 0) is 11.2 Å². The molecule has 1 saturated heterocycles. The Kier molecular flexibility index (Phi) is 7.43. The first-order valence-electron chi connectivity index (χ1n) is 10.7. The summed E-state index contributed by atoms with van der Waals surface area (Å²) < 4.78 is 5.15. The molecule has 1 amide bonds. The Morgan fingerprint density at radius 1 is 1.19 bits per heavy atom. The summed E-state index contributed by atoms with van der Waals surface area (Å²) in [6, 6.07) is 1.21. The van der Waals surface area contributed by atoms with E-state index in [-0.39, 0.29) is 23.0 Å². The Balaban J connectivity index is 1.84. The van der Waals surface area contributed by atoms with Crippen molar-refractivity contribution in [2.75, 3.05) is 26.2 Å². The van der Waals surface area contributed by atoms with Crippen molar-refractivity contribution in [1.82, 2.24) is 19.8 Å². The van der Waals surface area contributed by atoms with Crippen molar-refractivity contribution in [3.05, 3.63) is 32.4 Å². The summed E-state index contributed by atoms with van der Waals surface area (Å²) in [6.45, 7) is 8.17. The number of aromatic nitrogens is 2. The van der Waals surface area contributed by atoms with E-state index in [4.69, 9.17) is 9.25 Å². The molecule has 1 N–H and O–H groups in total. The standard InChI is InChI=1S/C21H29N5O5/c1-4-6-8-15-13-17(28)30-20-18(15)19(29)22-21(23-20)31-24-16(7-5-2)26-11-9-25(10-12-26)14(3)27/h13H,4-12H2,1-3H3,(H,22,23,29). The molecule has 0 aliphatic carbocycles. The number of hydrogen-bond donors (Lipinski definition) is 1. The molecule has 3 heterocycles. The molecule has 1 aliphatic heterocycles. The number of oxime groups is 1. The topological polar surface area (TPSA) is 121 Å². The number of nitrogens with zero attached hydrogens (tertiary/aromatic N) is 4. The second-order valence-corrected chi connectivity index (χ2v) is 7.59. The van der Waals surface area contributed by atoms with Crippen molar-refractivity contribution in [1.29, 1.82) is 0 Å². The van der Waals surface area contributed by atoms with Crippen LogP contribution >= 0.6 is 0 Å². The maximum atomic E-state index is 12.6. The number of hydrogen-bond acceptors (Lipinski definition) is 7. The number of carbonyl (C=O) groups is 1. The van der Waals surface area contributed by atoms with Gasteiger partial charge in [0.05, 0.1) is 0 Å². The van der Waals surface area contributed by atoms with Crippen LogP contribution in [0.3, 0.4) is 0 Å². The molecule has 2 aromatic heterocycles. The van der Waals surface area contributed by atoms with Gasteiger partial charge in [-0.2, -0.15) is 4.98 Å². The number of carbonyl (C=O) groups excluding carboxylic acids is 1. The molecule has 0 radical (unpaired) electrons. The minimum absolute atomic E-state index is 0.0559. The van der Waals surface area contributed by atoms with E-state index in [1.165, 1.54) is 6.07 Å². The summed E-state index contributed by atoms with van der Waals surface area (Å²) in [5, 5.41) is 4.47. The van der Waals surface area contributed by atoms with E-state index in [1.54, 1.807) is 11.8 Å². The van der Waals surface area contributed by atoms with E-state index in [0.717, 1.165) is 19.3 Å². The van der Waals surface area contributed by atoms with Gasteiger partial charge in [-0.15, -0.1) is 0 Å². The molecule has 1 fully saturated rings. The number of fused-ring (bicyclic) bond motifs is 1. The number of rotatable bonds is 7. The van der Waals surface area contributed by atoms with Gasteiger partial charge in [-0.05, 0) is 24.8 Å². The third-order valence-corrected chi connectivity index (χ3v) is 5.28. The second-order valence-electron chi connectivity index (χ2n) is 7.59. The van der Waals surface area contributed by atoms with Gasteiger partial charge in [-0.1, -0.05) is 25.4 Å². The molecule has 0 spiro atoms. The van der Waals surface area contributed by atoms with E-state index in [2.05, 4.69) is 20.0 Å². The van der Waals surface area contributed by atoms with E-state index < -0.39 is 11.2 Å². The van der Waals surface area contributed by atoms with Gasteiger partial charge in [0, 0.05) is 45.6 Å². The zero-order valence-electron chi connectivity index (χ0n) is 18.3. The average Bonchev–Trinajstić information content (AvgIpc) is 2.74. The number of aryl methyl sites for hydroxylation is 1. The molecule has 168 valence electrons. The van der Waals surface area contributed by atoms with Crippen molar-refractivity contribution >= 4 is 22.8 Å². The van der Waals surface area contributed by atoms with Crippen LogP contribution in [0.5, 0.6) is 6.01 Å². The molecule has 0 saturated carbocycles. The van der Waals surface area contributed by atoms with Crippen LogP contribution in [0.4, 0.5) is 0 Å². The summed E-state index contributed by atoms with van der Waals surface area (Å²) >= 11 is 0. The minimum atomic E-state index is -0.554. The van der Waals surface area contributed by atoms with Gasteiger partial charge in [-0.25, -0.2) is 4.79 Å². The number of amidine groups is 1. The largest absolute Gasteiger partial charge is 0.403 e. The highest BCUT2D eigenvalue weighted by atomic mass is 16.6. The van der Waals surface area contributed by atoms with Crippen LogP contribution in [0.15, 0.2) is 25.2 Å². The number of unbranched alkanes of at least 4 members (excludes halogenated alkanes) is 1. The molecule has 10 nitrogen and oxygen atoms in total. The van der Waals surface area contributed by atoms with Crippen molar-refractivity contribution in [3.8, 4) is 6.01 Å². The first-order chi connectivity index (χ1) is 14.9. The summed E-state index contributed by atoms with van der Waals surface area (Å²) in [6.07, 6.45) is 3.90. The molecule has 3 rings (SSSR count). The Bertz CT molecular complexity index is 1070. The van der Waals surface area contributed by atoms with Gasteiger partial charge >= 0.3 is 11.6 Å². The fourth-order valence-corrected chi connectivity index (χ4v) is 3.60. The van der Waals surface area contributed by atoms with E-state index in [0.29, 0.717) is 50.4 Å². The highest BCUT2D eigenvalue weighted by Gasteiger charge is 2.21. The summed E-state index contributed by atoms with van der Waals surface area (Å²) in [5.74, 6) is 0.772. The SMILES string of the molecule is CCCCc1cc(=O)oc2nc(ON=C(CCC)N3CCN(C(C)=O)CC3)[nH]c(=O)c12. The molecule has 10 heteroatoms. The van der Waals surface area contributed by atoms with Gasteiger partial charge in [0.1, 0.15) is 11.2 Å². The molecular formula is C21H29N5O5. The normalized spacial score (nSPS) is 14.9. The maximum Gasteiger partial charge on any atom is 0.337 e. The van der Waals surface area contributed by atoms with Crippen LogP contribution < -0.4 is 16.0 Å². The fourth-order valence-electron chi connectivity index (χ4n) is 3.60. The lowest BCUT2D eigenvalue weighted by atomic mass is 10.1. The monoisotopic (exact) mass is 431 g/mol. The predicted molar refractivity (Wildman–Crippen MR) is 116 cm³/mol. The Labute approximate surface area is 179 Å². The number of aromatic amines is 1. The van der Waals surface area contributed by atoms with Gasteiger partial charge in [0.25, 0.3) is 5.56 Å². The third kappa shape index (κ3) is 5.50. The van der Waals surface area contributed by atoms with E-state index >= 15 is 0 Å². The van der Waals surface area contributed by atoms with Crippen molar-refractivity contribution in [3.63, 3.8) is 0 Å². The van der Waals surface area contributed by atoms with Crippen LogP contribution in [-0.4, -0.2) is 57.7 Å². The van der Waals surface area contributed by atoms with Crippen molar-refractivity contribution < 1.29 is 14.0 Å². The zero-order chi connectivity index (χ0) is 22.4. The van der Waals surface area contributed by atoms with Gasteiger partial charge in [-0.3, -0.25) is 14.6 Å². The lowest BCUT2D eigenvalue weighted by Crippen LogP contribution is -2.50. The van der Waals surface area contributed by atoms with Crippen LogP contribution in [0, 0.1) is 0 Å². The highest BCUT2D eigenvalue weighted by Crippen LogP contribution is 2.16. The van der Waals surface area contributed by atoms with Crippen LogP contribution in [0.1, 0.15) is 52.0 Å². The van der Waals surface area contributed by atoms with Gasteiger partial charge < -0.3 is 19.1 Å². The van der Waals surface area contributed by atoms with Gasteiger partial charge in [0.15, 0.2) is 0 Å². The zero-order valence-corrected chi connectivity index (χ0v) is 18.3. The Morgan fingerprint density at radius 3 is 2.55 bits per heavy atom. The third-order valence-electron chi connectivity index (χ3n) is 5.28. The second kappa shape index (κ2) is 10.2. The van der Waals surface area contributed by atoms with Crippen LogP contribution in [0.2, 0.25) is 0 Å². The Morgan fingerprint density at radius 2 is 1.90 bits per heavy atom. The molecule has 0 aromatic carbocycles. The summed E-state index contributed by atoms with van der Waals surface area (Å²) in [4.78, 5) is 52.1. The fraction of sp³-hybridized carbons (Fsp3) is 0.571. The van der Waals surface area contributed by atoms with Crippen molar-refractivity contribution in [2.45, 2.75) is 52.9 Å². The predicted octanol–water partition coefficient (Wildman–Crippen LogP) is 1.88. The molecule has 1 aliphatic rings. The average molecular weight is 431 g/mol. The first kappa shape index (κ1) is 22.5. The van der Waals surface area contributed by atoms with E-state index in [9.17, 15) is 14.4 Å². The molecule has 0 bridgehead atoms. The Hall–Kier alpha value is -3.17. The summed E-state index contributed by atoms with van der Waals surface area (Å²) in [5.41, 5.74) is -0.426. The molecule has 0 unspecified atom stereocenters. The number of nitrogens with one attached hydrogen (secondary N) is 1. The number of amides is 1. The van der Waals surface area contributed by atoms with Gasteiger partial charge in [0.2, 0.25) is 11.6 Å². The quantitative estimate of drug-likeness (QED) is 0.403. The van der Waals surface area contributed by atoms with E-state index in [1.807, 2.05) is 13.8 Å². The molecular weight excluding hydrogens is 402 g/mol. The highest BCUT2D eigenvalue weighted by molar-refractivity contribution is 5.82. The maximum absolute atomic E-state index is 12.6. The number of piperazine rings is 1. The smallest absolute Gasteiger partial charge is 0.337 e. The van der Waals surface area contributed by atoms with Crippen LogP contribution in [0.25, 0.3) is 11.1 Å². The molecule has 31 heavy (non-hydrogen) atoms. The lowest BCUT2D eigenvalue weighted by molar-refractivity contribution is -0.130. The lowest BCUT2D eigenvalue weighted by Gasteiger charge is -2.35. The number of H-pyrrole nitrogens is 1. The molecule has 2 aromatic rings. The first-order valence-corrected chi connectivity index (χ1v) is 10.7.